The molecule has 0 aliphatic carbocycles. The first kappa shape index (κ1) is 20.3. The molecule has 0 aromatic heterocycles. The van der Waals surface area contributed by atoms with Crippen molar-refractivity contribution in [2.24, 2.45) is 0 Å². The van der Waals surface area contributed by atoms with Crippen molar-refractivity contribution < 1.29 is 36.4 Å². The third-order valence-electron chi connectivity index (χ3n) is 3.60. The number of amides is 1. The van der Waals surface area contributed by atoms with E-state index in [1.165, 1.54) is 12.1 Å². The summed E-state index contributed by atoms with van der Waals surface area (Å²) in [5, 5.41) is 2.33. The molecule has 1 aliphatic heterocycles. The predicted molar refractivity (Wildman–Crippen MR) is 89.5 cm³/mol. The Morgan fingerprint density at radius 3 is 2.54 bits per heavy atom. The van der Waals surface area contributed by atoms with E-state index in [1.54, 1.807) is 32.0 Å². The molecule has 2 rings (SSSR count). The Balaban J connectivity index is 2.34. The highest BCUT2D eigenvalue weighted by Crippen LogP contribution is 2.31. The number of hydrogen-bond acceptors (Lipinski definition) is 8. The first-order valence-corrected chi connectivity index (χ1v) is 9.54. The average Bonchev–Trinajstić information content (AvgIpc) is 2.93. The van der Waals surface area contributed by atoms with Crippen LogP contribution in [0.1, 0.15) is 24.2 Å². The zero-order chi connectivity index (χ0) is 19.4. The van der Waals surface area contributed by atoms with Gasteiger partial charge in [0.1, 0.15) is 12.7 Å². The fraction of sp³-hybridized carbons (Fsp3) is 0.500. The molecule has 2 atom stereocenters. The van der Waals surface area contributed by atoms with Crippen LogP contribution in [0.5, 0.6) is 0 Å². The SMILES string of the molecule is CC1(C)OCC(C(COS(C)(=O)=O)(NC=O)OC(=O)c2ccccc2)O1. The molecule has 1 amide bonds. The lowest BCUT2D eigenvalue weighted by molar-refractivity contribution is -0.185. The molecule has 1 aromatic carbocycles. The minimum Gasteiger partial charge on any atom is -0.430 e. The molecule has 0 spiro atoms. The Morgan fingerprint density at radius 1 is 1.38 bits per heavy atom. The molecule has 2 unspecified atom stereocenters. The summed E-state index contributed by atoms with van der Waals surface area (Å²) in [5.74, 6) is -1.80. The monoisotopic (exact) mass is 387 g/mol. The van der Waals surface area contributed by atoms with Crippen LogP contribution in [0.4, 0.5) is 0 Å². The van der Waals surface area contributed by atoms with Gasteiger partial charge in [0.15, 0.2) is 5.79 Å². The molecule has 0 radical (unpaired) electrons. The molecule has 1 aromatic rings. The summed E-state index contributed by atoms with van der Waals surface area (Å²) in [7, 11) is -3.88. The molecule has 9 nitrogen and oxygen atoms in total. The predicted octanol–water partition coefficient (Wildman–Crippen LogP) is 0.413. The summed E-state index contributed by atoms with van der Waals surface area (Å²) >= 11 is 0. The number of benzene rings is 1. The summed E-state index contributed by atoms with van der Waals surface area (Å²) in [6.45, 7) is 2.54. The van der Waals surface area contributed by atoms with E-state index in [9.17, 15) is 18.0 Å². The summed E-state index contributed by atoms with van der Waals surface area (Å²) in [4.78, 5) is 23.7. The van der Waals surface area contributed by atoms with Gasteiger partial charge in [0.05, 0.1) is 18.4 Å². The summed E-state index contributed by atoms with van der Waals surface area (Å²) in [5.41, 5.74) is -1.69. The normalized spacial score (nSPS) is 21.6. The van der Waals surface area contributed by atoms with Crippen LogP contribution < -0.4 is 5.32 Å². The lowest BCUT2D eigenvalue weighted by Gasteiger charge is -2.36. The van der Waals surface area contributed by atoms with Gasteiger partial charge in [0.25, 0.3) is 10.1 Å². The Bertz CT molecular complexity index is 749. The second-order valence-corrected chi connectivity index (χ2v) is 7.83. The highest BCUT2D eigenvalue weighted by Gasteiger charge is 2.51. The zero-order valence-electron chi connectivity index (χ0n) is 14.6. The van der Waals surface area contributed by atoms with Gasteiger partial charge in [0.2, 0.25) is 12.1 Å². The highest BCUT2D eigenvalue weighted by atomic mass is 32.2. The van der Waals surface area contributed by atoms with Gasteiger partial charge in [-0.3, -0.25) is 8.98 Å². The van der Waals surface area contributed by atoms with Crippen LogP contribution in [0.25, 0.3) is 0 Å². The molecule has 1 saturated heterocycles. The summed E-state index contributed by atoms with van der Waals surface area (Å²) < 4.78 is 44.2. The smallest absolute Gasteiger partial charge is 0.340 e. The van der Waals surface area contributed by atoms with Crippen LogP contribution in [-0.4, -0.2) is 57.9 Å². The molecular formula is C16H21NO8S. The van der Waals surface area contributed by atoms with Crippen molar-refractivity contribution in [2.45, 2.75) is 31.5 Å². The van der Waals surface area contributed by atoms with Gasteiger partial charge >= 0.3 is 5.97 Å². The Hall–Kier alpha value is -2.01. The maximum Gasteiger partial charge on any atom is 0.340 e. The molecule has 1 heterocycles. The molecule has 26 heavy (non-hydrogen) atoms. The molecule has 10 heteroatoms. The van der Waals surface area contributed by atoms with E-state index in [1.807, 2.05) is 0 Å². The van der Waals surface area contributed by atoms with Crippen LogP contribution in [0.3, 0.4) is 0 Å². The lowest BCUT2D eigenvalue weighted by Crippen LogP contribution is -2.61. The molecular weight excluding hydrogens is 366 g/mol. The third-order valence-corrected chi connectivity index (χ3v) is 4.15. The van der Waals surface area contributed by atoms with Crippen LogP contribution in [0.15, 0.2) is 30.3 Å². The van der Waals surface area contributed by atoms with Gasteiger partial charge in [0, 0.05) is 0 Å². The van der Waals surface area contributed by atoms with Gasteiger partial charge in [-0.25, -0.2) is 4.79 Å². The number of carbonyl (C=O) groups excluding carboxylic acids is 2. The maximum absolute atomic E-state index is 12.5. The molecule has 1 N–H and O–H groups in total. The number of nitrogens with one attached hydrogen (secondary N) is 1. The van der Waals surface area contributed by atoms with E-state index in [4.69, 9.17) is 18.4 Å². The Labute approximate surface area is 151 Å². The molecule has 1 aliphatic rings. The maximum atomic E-state index is 12.5. The van der Waals surface area contributed by atoms with E-state index in [-0.39, 0.29) is 18.6 Å². The molecule has 0 saturated carbocycles. The molecule has 0 bridgehead atoms. The minimum absolute atomic E-state index is 0.0525. The van der Waals surface area contributed by atoms with Gasteiger partial charge < -0.3 is 19.5 Å². The van der Waals surface area contributed by atoms with Gasteiger partial charge in [-0.2, -0.15) is 8.42 Å². The van der Waals surface area contributed by atoms with Crippen molar-refractivity contribution in [3.05, 3.63) is 35.9 Å². The van der Waals surface area contributed by atoms with Crippen LogP contribution >= 0.6 is 0 Å². The van der Waals surface area contributed by atoms with E-state index >= 15 is 0 Å². The summed E-state index contributed by atoms with van der Waals surface area (Å²) in [6, 6.07) is 8.02. The molecule has 144 valence electrons. The third kappa shape index (κ3) is 5.24. The quantitative estimate of drug-likeness (QED) is 0.295. The second-order valence-electron chi connectivity index (χ2n) is 6.19. The fourth-order valence-corrected chi connectivity index (χ4v) is 2.75. The van der Waals surface area contributed by atoms with Crippen LogP contribution in [-0.2, 0) is 33.3 Å². The zero-order valence-corrected chi connectivity index (χ0v) is 15.4. The van der Waals surface area contributed by atoms with E-state index in [0.29, 0.717) is 0 Å². The lowest BCUT2D eigenvalue weighted by atomic mass is 10.1. The average molecular weight is 387 g/mol. The second kappa shape index (κ2) is 7.70. The largest absolute Gasteiger partial charge is 0.430 e. The standard InChI is InChI=1S/C16H21NO8S/c1-15(2)22-9-13(24-15)16(17-11-18,10-23-26(3,20)21)25-14(19)12-7-5-4-6-8-12/h4-8,11,13H,9-10H2,1-3H3,(H,17,18). The first-order chi connectivity index (χ1) is 12.1. The number of ether oxygens (including phenoxy) is 3. The van der Waals surface area contributed by atoms with Gasteiger partial charge in [-0.1, -0.05) is 18.2 Å². The Morgan fingerprint density at radius 2 is 2.04 bits per heavy atom. The number of esters is 1. The van der Waals surface area contributed by atoms with Crippen LogP contribution in [0, 0.1) is 0 Å². The summed E-state index contributed by atoms with van der Waals surface area (Å²) in [6.07, 6.45) is 0.128. The van der Waals surface area contributed by atoms with E-state index < -0.39 is 40.3 Å². The first-order valence-electron chi connectivity index (χ1n) is 7.73. The topological polar surface area (TPSA) is 117 Å². The van der Waals surface area contributed by atoms with E-state index in [2.05, 4.69) is 5.32 Å². The van der Waals surface area contributed by atoms with Crippen molar-refractivity contribution >= 4 is 22.5 Å². The number of hydrogen-bond donors (Lipinski definition) is 1. The fourth-order valence-electron chi connectivity index (χ4n) is 2.36. The number of carbonyl (C=O) groups is 2. The molecule has 1 fully saturated rings. The Kier molecular flexibility index (Phi) is 6.02. The van der Waals surface area contributed by atoms with Crippen molar-refractivity contribution in [3.63, 3.8) is 0 Å². The van der Waals surface area contributed by atoms with Crippen molar-refractivity contribution in [2.75, 3.05) is 19.5 Å². The number of rotatable bonds is 8. The van der Waals surface area contributed by atoms with E-state index in [0.717, 1.165) is 6.26 Å². The van der Waals surface area contributed by atoms with Crippen LogP contribution in [0.2, 0.25) is 0 Å². The van der Waals surface area contributed by atoms with Gasteiger partial charge in [-0.05, 0) is 26.0 Å². The van der Waals surface area contributed by atoms with Crippen molar-refractivity contribution in [3.8, 4) is 0 Å². The van der Waals surface area contributed by atoms with Crippen molar-refractivity contribution in [1.82, 2.24) is 5.32 Å². The van der Waals surface area contributed by atoms with Gasteiger partial charge in [-0.15, -0.1) is 0 Å². The minimum atomic E-state index is -3.88. The highest BCUT2D eigenvalue weighted by molar-refractivity contribution is 7.85. The van der Waals surface area contributed by atoms with Crippen molar-refractivity contribution in [1.29, 1.82) is 0 Å².